The Labute approximate surface area is 107 Å². The van der Waals surface area contributed by atoms with Gasteiger partial charge in [0, 0.05) is 0 Å². The van der Waals surface area contributed by atoms with Gasteiger partial charge in [0.05, 0.1) is 31.5 Å². The molecule has 0 aliphatic rings. The lowest BCUT2D eigenvalue weighted by molar-refractivity contribution is -0.0787. The summed E-state index contributed by atoms with van der Waals surface area (Å²) >= 11 is 0. The first-order valence-corrected chi connectivity index (χ1v) is 6.87. The summed E-state index contributed by atoms with van der Waals surface area (Å²) in [7, 11) is 0. The molecule has 3 nitrogen and oxygen atoms in total. The van der Waals surface area contributed by atoms with Crippen molar-refractivity contribution in [3.8, 4) is 0 Å². The van der Waals surface area contributed by atoms with Gasteiger partial charge in [-0.05, 0) is 32.6 Å². The minimum atomic E-state index is -0.101. The standard InChI is InChI=1S/C14H30O3/c1-6-7-14(8-11(2)3)17-13(5)10-16-12(4)9-15/h11-15H,6-10H2,1-5H3. The Morgan fingerprint density at radius 1 is 1.06 bits per heavy atom. The lowest BCUT2D eigenvalue weighted by atomic mass is 10.0. The number of aliphatic hydroxyl groups is 1. The van der Waals surface area contributed by atoms with E-state index in [0.717, 1.165) is 19.3 Å². The van der Waals surface area contributed by atoms with Gasteiger partial charge in [0.15, 0.2) is 0 Å². The van der Waals surface area contributed by atoms with Crippen LogP contribution in [-0.4, -0.2) is 36.6 Å². The zero-order valence-electron chi connectivity index (χ0n) is 12.1. The third-order valence-corrected chi connectivity index (χ3v) is 2.64. The van der Waals surface area contributed by atoms with E-state index in [1.54, 1.807) is 0 Å². The van der Waals surface area contributed by atoms with Gasteiger partial charge in [0.25, 0.3) is 0 Å². The summed E-state index contributed by atoms with van der Waals surface area (Å²) in [4.78, 5) is 0. The summed E-state index contributed by atoms with van der Waals surface area (Å²) in [5.41, 5.74) is 0. The van der Waals surface area contributed by atoms with Gasteiger partial charge in [-0.25, -0.2) is 0 Å². The van der Waals surface area contributed by atoms with Crippen molar-refractivity contribution in [2.75, 3.05) is 13.2 Å². The summed E-state index contributed by atoms with van der Waals surface area (Å²) in [5.74, 6) is 0.663. The van der Waals surface area contributed by atoms with Crippen LogP contribution in [0, 0.1) is 5.92 Å². The van der Waals surface area contributed by atoms with Crippen LogP contribution >= 0.6 is 0 Å². The summed E-state index contributed by atoms with van der Waals surface area (Å²) in [5, 5.41) is 8.87. The van der Waals surface area contributed by atoms with Crippen molar-refractivity contribution in [1.29, 1.82) is 0 Å². The van der Waals surface area contributed by atoms with E-state index in [2.05, 4.69) is 20.8 Å². The average molecular weight is 246 g/mol. The average Bonchev–Trinajstić information content (AvgIpc) is 2.25. The van der Waals surface area contributed by atoms with Crippen LogP contribution in [0.2, 0.25) is 0 Å². The fourth-order valence-corrected chi connectivity index (χ4v) is 1.81. The Balaban J connectivity index is 3.89. The van der Waals surface area contributed by atoms with E-state index in [1.807, 2.05) is 13.8 Å². The zero-order chi connectivity index (χ0) is 13.3. The molecule has 0 heterocycles. The Hall–Kier alpha value is -0.120. The maximum absolute atomic E-state index is 8.87. The van der Waals surface area contributed by atoms with Crippen LogP contribution in [0.1, 0.15) is 53.9 Å². The highest BCUT2D eigenvalue weighted by atomic mass is 16.5. The molecule has 0 aromatic carbocycles. The molecule has 0 aliphatic heterocycles. The van der Waals surface area contributed by atoms with E-state index < -0.39 is 0 Å². The van der Waals surface area contributed by atoms with Crippen molar-refractivity contribution in [2.24, 2.45) is 5.92 Å². The van der Waals surface area contributed by atoms with Crippen LogP contribution in [0.4, 0.5) is 0 Å². The topological polar surface area (TPSA) is 38.7 Å². The molecule has 0 aromatic heterocycles. The third kappa shape index (κ3) is 9.57. The van der Waals surface area contributed by atoms with Gasteiger partial charge >= 0.3 is 0 Å². The second-order valence-corrected chi connectivity index (χ2v) is 5.31. The molecule has 0 saturated heterocycles. The first-order chi connectivity index (χ1) is 7.99. The minimum absolute atomic E-state index is 0.0666. The Morgan fingerprint density at radius 2 is 1.71 bits per heavy atom. The molecule has 0 aliphatic carbocycles. The molecule has 3 atom stereocenters. The second-order valence-electron chi connectivity index (χ2n) is 5.31. The van der Waals surface area contributed by atoms with Crippen LogP contribution in [0.3, 0.4) is 0 Å². The molecule has 104 valence electrons. The van der Waals surface area contributed by atoms with Crippen molar-refractivity contribution < 1.29 is 14.6 Å². The predicted octanol–water partition coefficient (Wildman–Crippen LogP) is 3.00. The number of hydrogen-bond acceptors (Lipinski definition) is 3. The van der Waals surface area contributed by atoms with E-state index in [4.69, 9.17) is 14.6 Å². The summed E-state index contributed by atoms with van der Waals surface area (Å²) in [6.45, 7) is 11.2. The van der Waals surface area contributed by atoms with Crippen molar-refractivity contribution in [3.63, 3.8) is 0 Å². The molecule has 0 bridgehead atoms. The van der Waals surface area contributed by atoms with Crippen LogP contribution in [-0.2, 0) is 9.47 Å². The first kappa shape index (κ1) is 16.9. The normalized spacial score (nSPS) is 17.1. The number of ether oxygens (including phenoxy) is 2. The molecular weight excluding hydrogens is 216 g/mol. The zero-order valence-corrected chi connectivity index (χ0v) is 12.1. The van der Waals surface area contributed by atoms with E-state index in [1.165, 1.54) is 0 Å². The fourth-order valence-electron chi connectivity index (χ4n) is 1.81. The molecule has 0 rings (SSSR count). The van der Waals surface area contributed by atoms with Crippen LogP contribution in [0.15, 0.2) is 0 Å². The quantitative estimate of drug-likeness (QED) is 0.644. The summed E-state index contributed by atoms with van der Waals surface area (Å²) in [6.07, 6.45) is 3.70. The van der Waals surface area contributed by atoms with Crippen molar-refractivity contribution >= 4 is 0 Å². The molecule has 17 heavy (non-hydrogen) atoms. The van der Waals surface area contributed by atoms with Crippen LogP contribution in [0.25, 0.3) is 0 Å². The van der Waals surface area contributed by atoms with Gasteiger partial charge in [-0.3, -0.25) is 0 Å². The van der Waals surface area contributed by atoms with Gasteiger partial charge in [-0.1, -0.05) is 27.2 Å². The second kappa shape index (κ2) is 9.86. The highest BCUT2D eigenvalue weighted by Gasteiger charge is 2.15. The van der Waals surface area contributed by atoms with Crippen molar-refractivity contribution in [2.45, 2.75) is 72.2 Å². The number of hydrogen-bond donors (Lipinski definition) is 1. The van der Waals surface area contributed by atoms with E-state index in [0.29, 0.717) is 18.6 Å². The summed E-state index contributed by atoms with van der Waals surface area (Å²) < 4.78 is 11.5. The number of rotatable bonds is 10. The molecule has 0 aromatic rings. The van der Waals surface area contributed by atoms with Gasteiger partial charge in [0.1, 0.15) is 0 Å². The highest BCUT2D eigenvalue weighted by Crippen LogP contribution is 2.15. The van der Waals surface area contributed by atoms with Crippen LogP contribution in [0.5, 0.6) is 0 Å². The Morgan fingerprint density at radius 3 is 2.18 bits per heavy atom. The highest BCUT2D eigenvalue weighted by molar-refractivity contribution is 4.63. The summed E-state index contributed by atoms with van der Waals surface area (Å²) in [6, 6.07) is 0. The molecule has 1 N–H and O–H groups in total. The van der Waals surface area contributed by atoms with Crippen molar-refractivity contribution in [3.05, 3.63) is 0 Å². The fraction of sp³-hybridized carbons (Fsp3) is 1.00. The smallest absolute Gasteiger partial charge is 0.0784 e. The Kier molecular flexibility index (Phi) is 9.79. The lowest BCUT2D eigenvalue weighted by Crippen LogP contribution is -2.27. The van der Waals surface area contributed by atoms with Crippen LogP contribution < -0.4 is 0 Å². The van der Waals surface area contributed by atoms with E-state index in [9.17, 15) is 0 Å². The number of aliphatic hydroxyl groups excluding tert-OH is 1. The molecular formula is C14H30O3. The molecule has 0 amide bonds. The maximum atomic E-state index is 8.87. The molecule has 0 fully saturated rings. The minimum Gasteiger partial charge on any atom is -0.394 e. The first-order valence-electron chi connectivity index (χ1n) is 6.87. The molecule has 3 heteroatoms. The molecule has 0 saturated carbocycles. The van der Waals surface area contributed by atoms with E-state index >= 15 is 0 Å². The van der Waals surface area contributed by atoms with Gasteiger partial charge in [-0.2, -0.15) is 0 Å². The monoisotopic (exact) mass is 246 g/mol. The van der Waals surface area contributed by atoms with Crippen molar-refractivity contribution in [1.82, 2.24) is 0 Å². The van der Waals surface area contributed by atoms with E-state index in [-0.39, 0.29) is 18.8 Å². The van der Waals surface area contributed by atoms with Gasteiger partial charge in [0.2, 0.25) is 0 Å². The third-order valence-electron chi connectivity index (χ3n) is 2.64. The lowest BCUT2D eigenvalue weighted by Gasteiger charge is -2.24. The van der Waals surface area contributed by atoms with Gasteiger partial charge < -0.3 is 14.6 Å². The molecule has 0 spiro atoms. The molecule has 3 unspecified atom stereocenters. The SMILES string of the molecule is CCCC(CC(C)C)OC(C)COC(C)CO. The predicted molar refractivity (Wildman–Crippen MR) is 71.2 cm³/mol. The molecule has 0 radical (unpaired) electrons. The Bertz CT molecular complexity index is 171. The largest absolute Gasteiger partial charge is 0.394 e. The van der Waals surface area contributed by atoms with Gasteiger partial charge in [-0.15, -0.1) is 0 Å². The maximum Gasteiger partial charge on any atom is 0.0784 e.